The number of nitrogens with one attached hydrogen (secondary N) is 2. The fraction of sp³-hybridized carbons (Fsp3) is 0.444. The number of amides is 1. The maximum atomic E-state index is 12.7. The predicted octanol–water partition coefficient (Wildman–Crippen LogP) is 4.60. The Morgan fingerprint density at radius 2 is 1.54 bits per heavy atom. The molecule has 0 aliphatic carbocycles. The molecule has 190 valence electrons. The number of rotatable bonds is 16. The van der Waals surface area contributed by atoms with Gasteiger partial charge in [-0.2, -0.15) is 0 Å². The number of carbonyl (C=O) groups is 3. The number of anilines is 2. The first-order valence-corrected chi connectivity index (χ1v) is 11.9. The van der Waals surface area contributed by atoms with Gasteiger partial charge in [0.05, 0.1) is 32.0 Å². The Balaban J connectivity index is 1.64. The van der Waals surface area contributed by atoms with Crippen molar-refractivity contribution in [1.82, 2.24) is 0 Å². The molecule has 0 fully saturated rings. The first-order chi connectivity index (χ1) is 16.8. The summed E-state index contributed by atoms with van der Waals surface area (Å²) in [5.41, 5.74) is 2.27. The molecule has 0 heterocycles. The monoisotopic (exact) mass is 484 g/mol. The van der Waals surface area contributed by atoms with E-state index in [0.717, 1.165) is 12.1 Å². The third kappa shape index (κ3) is 9.50. The zero-order chi connectivity index (χ0) is 25.6. The van der Waals surface area contributed by atoms with Crippen LogP contribution in [0.5, 0.6) is 5.75 Å². The maximum Gasteiger partial charge on any atom is 0.221 e. The summed E-state index contributed by atoms with van der Waals surface area (Å²) >= 11 is 0. The van der Waals surface area contributed by atoms with E-state index in [4.69, 9.17) is 14.2 Å². The van der Waals surface area contributed by atoms with Crippen molar-refractivity contribution < 1.29 is 28.6 Å². The maximum absolute atomic E-state index is 12.7. The van der Waals surface area contributed by atoms with Gasteiger partial charge in [0, 0.05) is 36.3 Å². The number of carbonyl (C=O) groups excluding carboxylic acids is 3. The number of hydrogen-bond donors (Lipinski definition) is 2. The van der Waals surface area contributed by atoms with Gasteiger partial charge in [-0.1, -0.05) is 26.0 Å². The minimum atomic E-state index is -0.139. The van der Waals surface area contributed by atoms with Crippen molar-refractivity contribution >= 4 is 28.8 Å². The topological polar surface area (TPSA) is 103 Å². The standard InChI is InChI=1S/C27H36N2O6/c1-5-19(2)27(32)24-7-6-8-25(26(24)20(3)30)28-13-14-33-15-16-34-17-18-35-23-11-9-22(10-12-23)29-21(4)31/h6-12,19,28H,5,13-18H2,1-4H3,(H,29,31). The Kier molecular flexibility index (Phi) is 11.9. The van der Waals surface area contributed by atoms with Crippen molar-refractivity contribution in [3.8, 4) is 5.75 Å². The fourth-order valence-corrected chi connectivity index (χ4v) is 3.37. The second-order valence-electron chi connectivity index (χ2n) is 8.16. The van der Waals surface area contributed by atoms with Crippen LogP contribution in [0, 0.1) is 5.92 Å². The van der Waals surface area contributed by atoms with E-state index in [9.17, 15) is 14.4 Å². The highest BCUT2D eigenvalue weighted by atomic mass is 16.5. The van der Waals surface area contributed by atoms with Gasteiger partial charge in [-0.25, -0.2) is 0 Å². The van der Waals surface area contributed by atoms with Gasteiger partial charge < -0.3 is 24.8 Å². The molecule has 0 aliphatic rings. The SMILES string of the molecule is CCC(C)C(=O)c1cccc(NCCOCCOCCOc2ccc(NC(C)=O)cc2)c1C(C)=O. The van der Waals surface area contributed by atoms with Crippen LogP contribution in [0.4, 0.5) is 11.4 Å². The van der Waals surface area contributed by atoms with Crippen LogP contribution in [0.25, 0.3) is 0 Å². The molecular formula is C27H36N2O6. The highest BCUT2D eigenvalue weighted by molar-refractivity contribution is 6.12. The van der Waals surface area contributed by atoms with Crippen molar-refractivity contribution in [2.75, 3.05) is 50.2 Å². The smallest absolute Gasteiger partial charge is 0.221 e. The highest BCUT2D eigenvalue weighted by Crippen LogP contribution is 2.24. The molecule has 0 saturated carbocycles. The summed E-state index contributed by atoms with van der Waals surface area (Å²) in [5.74, 6) is 0.298. The minimum absolute atomic E-state index is 0.0132. The zero-order valence-electron chi connectivity index (χ0n) is 21.0. The lowest BCUT2D eigenvalue weighted by molar-refractivity contribution is -0.114. The average Bonchev–Trinajstić information content (AvgIpc) is 2.84. The first-order valence-electron chi connectivity index (χ1n) is 11.9. The second kappa shape index (κ2) is 14.9. The summed E-state index contributed by atoms with van der Waals surface area (Å²) in [6, 6.07) is 12.4. The molecule has 2 N–H and O–H groups in total. The number of hydrogen-bond acceptors (Lipinski definition) is 7. The Morgan fingerprint density at radius 3 is 2.17 bits per heavy atom. The minimum Gasteiger partial charge on any atom is -0.491 e. The summed E-state index contributed by atoms with van der Waals surface area (Å²) in [6.07, 6.45) is 0.725. The number of ketones is 2. The van der Waals surface area contributed by atoms with Crippen LogP contribution in [-0.2, 0) is 14.3 Å². The molecule has 1 amide bonds. The Labute approximate surface area is 207 Å². The zero-order valence-corrected chi connectivity index (χ0v) is 21.0. The van der Waals surface area contributed by atoms with E-state index in [1.165, 1.54) is 13.8 Å². The molecular weight excluding hydrogens is 448 g/mol. The number of benzene rings is 2. The molecule has 8 nitrogen and oxygen atoms in total. The Morgan fingerprint density at radius 1 is 0.886 bits per heavy atom. The largest absolute Gasteiger partial charge is 0.491 e. The van der Waals surface area contributed by atoms with Gasteiger partial charge in [-0.15, -0.1) is 0 Å². The molecule has 8 heteroatoms. The molecule has 0 aromatic heterocycles. The first kappa shape index (κ1) is 28.0. The molecule has 0 saturated heterocycles. The molecule has 0 aliphatic heterocycles. The Bertz CT molecular complexity index is 974. The molecule has 1 atom stereocenters. The summed E-state index contributed by atoms with van der Waals surface area (Å²) in [7, 11) is 0. The van der Waals surface area contributed by atoms with E-state index in [1.807, 2.05) is 13.8 Å². The van der Waals surface area contributed by atoms with E-state index in [2.05, 4.69) is 10.6 Å². The van der Waals surface area contributed by atoms with E-state index >= 15 is 0 Å². The van der Waals surface area contributed by atoms with Crippen LogP contribution in [0.15, 0.2) is 42.5 Å². The van der Waals surface area contributed by atoms with Crippen LogP contribution in [0.3, 0.4) is 0 Å². The average molecular weight is 485 g/mol. The number of ether oxygens (including phenoxy) is 3. The van der Waals surface area contributed by atoms with Crippen molar-refractivity contribution in [3.63, 3.8) is 0 Å². The lowest BCUT2D eigenvalue weighted by atomic mass is 9.91. The summed E-state index contributed by atoms with van der Waals surface area (Å²) < 4.78 is 16.7. The van der Waals surface area contributed by atoms with E-state index in [0.29, 0.717) is 62.1 Å². The van der Waals surface area contributed by atoms with Gasteiger partial charge >= 0.3 is 0 Å². The normalized spacial score (nSPS) is 11.5. The van der Waals surface area contributed by atoms with Gasteiger partial charge in [0.2, 0.25) is 5.91 Å². The lowest BCUT2D eigenvalue weighted by Crippen LogP contribution is -2.18. The highest BCUT2D eigenvalue weighted by Gasteiger charge is 2.21. The van der Waals surface area contributed by atoms with Crippen LogP contribution < -0.4 is 15.4 Å². The third-order valence-electron chi connectivity index (χ3n) is 5.35. The molecule has 0 radical (unpaired) electrons. The summed E-state index contributed by atoms with van der Waals surface area (Å²) in [4.78, 5) is 35.9. The van der Waals surface area contributed by atoms with E-state index in [1.54, 1.807) is 42.5 Å². The van der Waals surface area contributed by atoms with Gasteiger partial charge in [-0.05, 0) is 43.7 Å². The molecule has 35 heavy (non-hydrogen) atoms. The molecule has 1 unspecified atom stereocenters. The fourth-order valence-electron chi connectivity index (χ4n) is 3.37. The van der Waals surface area contributed by atoms with Gasteiger partial charge in [-0.3, -0.25) is 14.4 Å². The van der Waals surface area contributed by atoms with Crippen LogP contribution >= 0.6 is 0 Å². The number of Topliss-reactive ketones (excluding diaryl/α,β-unsaturated/α-hetero) is 2. The van der Waals surface area contributed by atoms with Crippen molar-refractivity contribution in [2.45, 2.75) is 34.1 Å². The third-order valence-corrected chi connectivity index (χ3v) is 5.35. The lowest BCUT2D eigenvalue weighted by Gasteiger charge is -2.16. The van der Waals surface area contributed by atoms with Gasteiger partial charge in [0.1, 0.15) is 12.4 Å². The predicted molar refractivity (Wildman–Crippen MR) is 137 cm³/mol. The second-order valence-corrected chi connectivity index (χ2v) is 8.16. The summed E-state index contributed by atoms with van der Waals surface area (Å²) in [6.45, 7) is 9.40. The molecule has 2 aromatic rings. The van der Waals surface area contributed by atoms with Gasteiger partial charge in [0.25, 0.3) is 0 Å². The van der Waals surface area contributed by atoms with E-state index < -0.39 is 0 Å². The quantitative estimate of drug-likeness (QED) is 0.265. The van der Waals surface area contributed by atoms with Gasteiger partial charge in [0.15, 0.2) is 11.6 Å². The van der Waals surface area contributed by atoms with Crippen LogP contribution in [-0.4, -0.2) is 57.1 Å². The summed E-state index contributed by atoms with van der Waals surface area (Å²) in [5, 5.41) is 5.91. The van der Waals surface area contributed by atoms with Crippen molar-refractivity contribution in [1.29, 1.82) is 0 Å². The van der Waals surface area contributed by atoms with E-state index in [-0.39, 0.29) is 23.4 Å². The van der Waals surface area contributed by atoms with Crippen molar-refractivity contribution in [3.05, 3.63) is 53.6 Å². The molecule has 2 rings (SSSR count). The molecule has 0 spiro atoms. The van der Waals surface area contributed by atoms with Crippen LogP contribution in [0.1, 0.15) is 54.8 Å². The molecule has 2 aromatic carbocycles. The molecule has 0 bridgehead atoms. The Hall–Kier alpha value is -3.23. The van der Waals surface area contributed by atoms with Crippen molar-refractivity contribution in [2.24, 2.45) is 5.92 Å². The van der Waals surface area contributed by atoms with Crippen LogP contribution in [0.2, 0.25) is 0 Å².